The predicted octanol–water partition coefficient (Wildman–Crippen LogP) is 10.2. The second-order valence-electron chi connectivity index (χ2n) is 19.2. The van der Waals surface area contributed by atoms with Crippen LogP contribution in [0.3, 0.4) is 0 Å². The van der Waals surface area contributed by atoms with Gasteiger partial charge in [0.25, 0.3) is 10.1 Å². The summed E-state index contributed by atoms with van der Waals surface area (Å²) in [6.07, 6.45) is -8.26. The van der Waals surface area contributed by atoms with Gasteiger partial charge in [-0.15, -0.1) is 0 Å². The Bertz CT molecular complexity index is 2840. The van der Waals surface area contributed by atoms with Crippen LogP contribution in [0.4, 0.5) is 0 Å². The average molecular weight is 1070 g/mol. The van der Waals surface area contributed by atoms with Crippen LogP contribution in [0.15, 0.2) is 212 Å². The van der Waals surface area contributed by atoms with E-state index < -0.39 is 71.3 Å². The molecule has 404 valence electrons. The second kappa shape index (κ2) is 29.1. The summed E-state index contributed by atoms with van der Waals surface area (Å²) in [4.78, 5) is 0. The van der Waals surface area contributed by atoms with Crippen molar-refractivity contribution in [1.29, 1.82) is 0 Å². The molecular formula is C63H68O13S. The summed E-state index contributed by atoms with van der Waals surface area (Å²) in [5, 5.41) is 0. The third kappa shape index (κ3) is 17.3. The van der Waals surface area contributed by atoms with Crippen molar-refractivity contribution in [2.45, 2.75) is 107 Å². The molecule has 2 fully saturated rings. The zero-order chi connectivity index (χ0) is 52.9. The summed E-state index contributed by atoms with van der Waals surface area (Å²) < 4.78 is 101. The highest BCUT2D eigenvalue weighted by molar-refractivity contribution is 7.86. The molecule has 13 nitrogen and oxygen atoms in total. The molecular weight excluding hydrogens is 997 g/mol. The smallest absolute Gasteiger partial charge is 0.264 e. The van der Waals surface area contributed by atoms with E-state index in [2.05, 4.69) is 0 Å². The van der Waals surface area contributed by atoms with E-state index in [0.717, 1.165) is 45.2 Å². The second-order valence-corrected chi connectivity index (χ2v) is 20.8. The minimum atomic E-state index is -3.93. The summed E-state index contributed by atoms with van der Waals surface area (Å²) in [5.41, 5.74) is 6.54. The van der Waals surface area contributed by atoms with Crippen LogP contribution in [0.2, 0.25) is 0 Å². The molecule has 4 unspecified atom stereocenters. The van der Waals surface area contributed by atoms with Crippen molar-refractivity contribution in [3.05, 3.63) is 251 Å². The molecule has 2 aliphatic heterocycles. The van der Waals surface area contributed by atoms with Gasteiger partial charge >= 0.3 is 0 Å². The van der Waals surface area contributed by atoms with Crippen LogP contribution >= 0.6 is 0 Å². The fourth-order valence-electron chi connectivity index (χ4n) is 9.42. The number of benzene rings is 7. The van der Waals surface area contributed by atoms with Crippen LogP contribution in [-0.4, -0.2) is 95.7 Å². The van der Waals surface area contributed by atoms with Gasteiger partial charge in [0.15, 0.2) is 6.29 Å². The third-order valence-electron chi connectivity index (χ3n) is 13.3. The van der Waals surface area contributed by atoms with Crippen LogP contribution in [-0.2, 0) is 108 Å². The van der Waals surface area contributed by atoms with Crippen molar-refractivity contribution in [2.75, 3.05) is 26.1 Å². The Hall–Kier alpha value is -5.95. The molecule has 7 aromatic carbocycles. The van der Waals surface area contributed by atoms with Gasteiger partial charge in [0.2, 0.25) is 0 Å². The van der Waals surface area contributed by atoms with Crippen molar-refractivity contribution < 1.29 is 60.0 Å². The van der Waals surface area contributed by atoms with Crippen molar-refractivity contribution >= 4 is 10.1 Å². The topological polar surface area (TPSA) is 136 Å². The lowest BCUT2D eigenvalue weighted by Gasteiger charge is -2.50. The molecule has 0 bridgehead atoms. The molecule has 7 aromatic rings. The maximum atomic E-state index is 12.7. The zero-order valence-corrected chi connectivity index (χ0v) is 44.1. The molecule has 9 rings (SSSR count). The minimum absolute atomic E-state index is 0.00579. The van der Waals surface area contributed by atoms with Crippen molar-refractivity contribution in [3.8, 4) is 0 Å². The monoisotopic (exact) mass is 1060 g/mol. The number of ether oxygens (including phenoxy) is 10. The van der Waals surface area contributed by atoms with E-state index >= 15 is 0 Å². The highest BCUT2D eigenvalue weighted by Gasteiger charge is 2.54. The third-order valence-corrected chi connectivity index (χ3v) is 13.8. The highest BCUT2D eigenvalue weighted by atomic mass is 32.2. The summed E-state index contributed by atoms with van der Waals surface area (Å²) in [5.74, 6) is 0. The zero-order valence-electron chi connectivity index (χ0n) is 43.3. The lowest BCUT2D eigenvalue weighted by molar-refractivity contribution is -0.363. The lowest BCUT2D eigenvalue weighted by Crippen LogP contribution is -2.66. The molecule has 0 aliphatic carbocycles. The van der Waals surface area contributed by atoms with Gasteiger partial charge in [-0.3, -0.25) is 4.18 Å². The molecule has 77 heavy (non-hydrogen) atoms. The first-order valence-corrected chi connectivity index (χ1v) is 27.9. The summed E-state index contributed by atoms with van der Waals surface area (Å²) in [7, 11) is -3.93. The Morgan fingerprint density at radius 2 is 0.597 bits per heavy atom. The van der Waals surface area contributed by atoms with Gasteiger partial charge in [-0.05, 0) is 38.9 Å². The molecule has 10 atom stereocenters. The SMILES string of the molecule is CS(=O)(=O)OC[C@@H]1OC(COCc2ccccc2)[C@H](O[C@@H]2OC(COCc3ccccc3)[C@H](OCc3ccccc3)[C@H](OCc3ccccc3)C2OCc2ccccc2)[C@H](OCc2ccccc2)C1OCc1ccccc1. The van der Waals surface area contributed by atoms with Crippen molar-refractivity contribution in [1.82, 2.24) is 0 Å². The van der Waals surface area contributed by atoms with Gasteiger partial charge in [0.1, 0.15) is 54.9 Å². The number of hydrogen-bond donors (Lipinski definition) is 0. The van der Waals surface area contributed by atoms with Crippen LogP contribution in [0.1, 0.15) is 38.9 Å². The van der Waals surface area contributed by atoms with Gasteiger partial charge in [-0.2, -0.15) is 8.42 Å². The van der Waals surface area contributed by atoms with Crippen LogP contribution < -0.4 is 0 Å². The fraction of sp³-hybridized carbons (Fsp3) is 0.333. The van der Waals surface area contributed by atoms with Crippen molar-refractivity contribution in [3.63, 3.8) is 0 Å². The molecule has 2 saturated heterocycles. The minimum Gasteiger partial charge on any atom is -0.374 e. The Balaban J connectivity index is 1.13. The predicted molar refractivity (Wildman–Crippen MR) is 290 cm³/mol. The van der Waals surface area contributed by atoms with E-state index in [-0.39, 0.29) is 59.5 Å². The van der Waals surface area contributed by atoms with E-state index in [9.17, 15) is 8.42 Å². The normalized spacial score (nSPS) is 23.6. The summed E-state index contributed by atoms with van der Waals surface area (Å²) in [6, 6.07) is 69.0. The first-order chi connectivity index (χ1) is 37.8. The van der Waals surface area contributed by atoms with Crippen LogP contribution in [0.25, 0.3) is 0 Å². The van der Waals surface area contributed by atoms with E-state index in [0.29, 0.717) is 6.61 Å². The van der Waals surface area contributed by atoms with Gasteiger partial charge in [0, 0.05) is 0 Å². The first kappa shape index (κ1) is 55.8. The maximum Gasteiger partial charge on any atom is 0.264 e. The van der Waals surface area contributed by atoms with E-state index in [1.165, 1.54) is 0 Å². The Morgan fingerprint density at radius 3 is 0.935 bits per heavy atom. The van der Waals surface area contributed by atoms with E-state index in [1.54, 1.807) is 0 Å². The van der Waals surface area contributed by atoms with Crippen molar-refractivity contribution in [2.24, 2.45) is 0 Å². The standard InChI is InChI=1S/C63H68O13S/c1-77(64,65)73-46-56-58(69-40-50-29-15-5-16-30-50)60(70-41-51-31-17-6-18-32-51)59(55(74-56)45-67-38-48-25-11-3-12-26-48)76-63-62(72-43-53-35-21-8-22-36-53)61(71-42-52-33-19-7-20-34-52)57(68-39-49-27-13-4-14-28-49)54(75-63)44-66-37-47-23-9-2-10-24-47/h2-36,54-63H,37-46H2,1H3/t54?,55?,56-,57-,58?,59-,60+,61-,62?,63-/m0/s1. The summed E-state index contributed by atoms with van der Waals surface area (Å²) in [6.45, 7) is 1.19. The van der Waals surface area contributed by atoms with Gasteiger partial charge in [-0.1, -0.05) is 212 Å². The quantitative estimate of drug-likeness (QED) is 0.0431. The van der Waals surface area contributed by atoms with Gasteiger partial charge in [0.05, 0.1) is 72.3 Å². The number of hydrogen-bond acceptors (Lipinski definition) is 13. The van der Waals surface area contributed by atoms with Crippen LogP contribution in [0.5, 0.6) is 0 Å². The molecule has 2 aliphatic rings. The van der Waals surface area contributed by atoms with E-state index in [4.69, 9.17) is 51.6 Å². The molecule has 2 heterocycles. The van der Waals surface area contributed by atoms with Gasteiger partial charge in [-0.25, -0.2) is 0 Å². The molecule has 14 heteroatoms. The molecule has 0 amide bonds. The van der Waals surface area contributed by atoms with Gasteiger partial charge < -0.3 is 47.4 Å². The van der Waals surface area contributed by atoms with E-state index in [1.807, 2.05) is 212 Å². The Kier molecular flexibility index (Phi) is 21.1. The molecule has 0 N–H and O–H groups in total. The fourth-order valence-corrected chi connectivity index (χ4v) is 9.80. The number of rotatable bonds is 28. The molecule has 0 spiro atoms. The Morgan fingerprint density at radius 1 is 0.325 bits per heavy atom. The Labute approximate surface area is 453 Å². The molecule has 0 aromatic heterocycles. The maximum absolute atomic E-state index is 12.7. The highest BCUT2D eigenvalue weighted by Crippen LogP contribution is 2.37. The van der Waals surface area contributed by atoms with Crippen LogP contribution in [0, 0.1) is 0 Å². The molecule has 0 radical (unpaired) electrons. The lowest BCUT2D eigenvalue weighted by atomic mass is 9.93. The first-order valence-electron chi connectivity index (χ1n) is 26.1. The summed E-state index contributed by atoms with van der Waals surface area (Å²) >= 11 is 0. The molecule has 0 saturated carbocycles. The largest absolute Gasteiger partial charge is 0.374 e. The average Bonchev–Trinajstić information content (AvgIpc) is 3.47.